The van der Waals surface area contributed by atoms with Crippen molar-refractivity contribution in [2.24, 2.45) is 5.73 Å². The molecule has 0 fully saturated rings. The molecule has 1 aliphatic rings. The van der Waals surface area contributed by atoms with E-state index in [1.165, 1.54) is 5.57 Å². The Hall–Kier alpha value is -0.790. The quantitative estimate of drug-likeness (QED) is 0.704. The molecule has 0 saturated heterocycles. The average molecular weight is 180 g/mol. The zero-order chi connectivity index (χ0) is 8.55. The number of benzene rings is 1. The normalized spacial score (nSPS) is 21.5. The second-order valence-electron chi connectivity index (χ2n) is 3.01. The van der Waals surface area contributed by atoms with Crippen LogP contribution in [0.1, 0.15) is 12.0 Å². The van der Waals surface area contributed by atoms with Gasteiger partial charge in [-0.3, -0.25) is 0 Å². The first kappa shape index (κ1) is 7.84. The monoisotopic (exact) mass is 179 g/mol. The molecule has 0 saturated carbocycles. The Labute approximate surface area is 76.8 Å². The SMILES string of the molecule is NC1CC=C1c1cccc(Cl)c1. The van der Waals surface area contributed by atoms with Crippen LogP contribution in [0.2, 0.25) is 5.02 Å². The van der Waals surface area contributed by atoms with Crippen LogP contribution in [0.3, 0.4) is 0 Å². The summed E-state index contributed by atoms with van der Waals surface area (Å²) in [6, 6.07) is 8.02. The second-order valence-corrected chi connectivity index (χ2v) is 3.45. The standard InChI is InChI=1S/C10H10ClN/c11-8-3-1-2-7(6-8)9-4-5-10(9)12/h1-4,6,10H,5,12H2. The Morgan fingerprint density at radius 1 is 1.42 bits per heavy atom. The first-order chi connectivity index (χ1) is 5.77. The molecular weight excluding hydrogens is 170 g/mol. The predicted molar refractivity (Wildman–Crippen MR) is 52.0 cm³/mol. The van der Waals surface area contributed by atoms with Crippen molar-refractivity contribution in [3.8, 4) is 0 Å². The largest absolute Gasteiger partial charge is 0.324 e. The molecule has 1 aliphatic carbocycles. The maximum absolute atomic E-state index is 5.85. The van der Waals surface area contributed by atoms with Gasteiger partial charge in [-0.15, -0.1) is 0 Å². The van der Waals surface area contributed by atoms with Crippen molar-refractivity contribution in [1.82, 2.24) is 0 Å². The highest BCUT2D eigenvalue weighted by Crippen LogP contribution is 2.29. The zero-order valence-corrected chi connectivity index (χ0v) is 7.38. The summed E-state index contributed by atoms with van der Waals surface area (Å²) in [5, 5.41) is 0.771. The number of hydrogen-bond acceptors (Lipinski definition) is 1. The van der Waals surface area contributed by atoms with Gasteiger partial charge < -0.3 is 5.73 Å². The maximum atomic E-state index is 5.85. The van der Waals surface area contributed by atoms with Crippen LogP contribution in [0.4, 0.5) is 0 Å². The predicted octanol–water partition coefficient (Wildman–Crippen LogP) is 2.45. The second kappa shape index (κ2) is 2.92. The Morgan fingerprint density at radius 3 is 2.75 bits per heavy atom. The fourth-order valence-corrected chi connectivity index (χ4v) is 1.56. The van der Waals surface area contributed by atoms with Crippen LogP contribution in [0.25, 0.3) is 5.57 Å². The van der Waals surface area contributed by atoms with E-state index in [2.05, 4.69) is 6.08 Å². The third-order valence-electron chi connectivity index (χ3n) is 2.15. The minimum atomic E-state index is 0.212. The zero-order valence-electron chi connectivity index (χ0n) is 6.63. The van der Waals surface area contributed by atoms with E-state index >= 15 is 0 Å². The van der Waals surface area contributed by atoms with Gasteiger partial charge in [0.05, 0.1) is 0 Å². The van der Waals surface area contributed by atoms with Crippen molar-refractivity contribution in [2.75, 3.05) is 0 Å². The van der Waals surface area contributed by atoms with E-state index in [-0.39, 0.29) is 6.04 Å². The fourth-order valence-electron chi connectivity index (χ4n) is 1.37. The van der Waals surface area contributed by atoms with Gasteiger partial charge in [-0.2, -0.15) is 0 Å². The van der Waals surface area contributed by atoms with Crippen LogP contribution >= 0.6 is 11.6 Å². The molecule has 1 nitrogen and oxygen atoms in total. The van der Waals surface area contributed by atoms with E-state index in [1.54, 1.807) is 0 Å². The molecule has 1 aromatic carbocycles. The highest BCUT2D eigenvalue weighted by molar-refractivity contribution is 6.30. The lowest BCUT2D eigenvalue weighted by atomic mass is 9.87. The van der Waals surface area contributed by atoms with Crippen LogP contribution in [0.5, 0.6) is 0 Å². The summed E-state index contributed by atoms with van der Waals surface area (Å²) in [5.74, 6) is 0. The van der Waals surface area contributed by atoms with Crippen LogP contribution in [0.15, 0.2) is 30.3 Å². The lowest BCUT2D eigenvalue weighted by Gasteiger charge is -2.23. The van der Waals surface area contributed by atoms with Crippen LogP contribution in [-0.4, -0.2) is 6.04 Å². The van der Waals surface area contributed by atoms with Gasteiger partial charge in [0.25, 0.3) is 0 Å². The molecule has 12 heavy (non-hydrogen) atoms. The smallest absolute Gasteiger partial charge is 0.0412 e. The van der Waals surface area contributed by atoms with Gasteiger partial charge >= 0.3 is 0 Å². The summed E-state index contributed by atoms with van der Waals surface area (Å²) in [5.41, 5.74) is 8.17. The molecular formula is C10H10ClN. The Kier molecular flexibility index (Phi) is 1.91. The van der Waals surface area contributed by atoms with Crippen LogP contribution < -0.4 is 5.73 Å². The molecule has 62 valence electrons. The van der Waals surface area contributed by atoms with Crippen molar-refractivity contribution in [3.63, 3.8) is 0 Å². The van der Waals surface area contributed by atoms with Crippen molar-refractivity contribution in [1.29, 1.82) is 0 Å². The molecule has 0 radical (unpaired) electrons. The molecule has 2 heteroatoms. The summed E-state index contributed by atoms with van der Waals surface area (Å²) in [6.07, 6.45) is 3.14. The highest BCUT2D eigenvalue weighted by Gasteiger charge is 2.17. The molecule has 2 N–H and O–H groups in total. The first-order valence-electron chi connectivity index (χ1n) is 3.99. The average Bonchev–Trinajstić information content (AvgIpc) is 2.02. The molecule has 0 aromatic heterocycles. The van der Waals surface area contributed by atoms with Crippen molar-refractivity contribution < 1.29 is 0 Å². The molecule has 1 aromatic rings. The molecule has 0 spiro atoms. The molecule has 0 amide bonds. The van der Waals surface area contributed by atoms with Gasteiger partial charge in [0.2, 0.25) is 0 Å². The number of halogens is 1. The van der Waals surface area contributed by atoms with E-state index in [0.717, 1.165) is 17.0 Å². The lowest BCUT2D eigenvalue weighted by Crippen LogP contribution is -2.27. The Bertz CT molecular complexity index is 330. The molecule has 1 atom stereocenters. The van der Waals surface area contributed by atoms with Crippen molar-refractivity contribution in [3.05, 3.63) is 40.9 Å². The summed E-state index contributed by atoms with van der Waals surface area (Å²) in [4.78, 5) is 0. The molecule has 2 rings (SSSR count). The van der Waals surface area contributed by atoms with E-state index in [0.29, 0.717) is 0 Å². The minimum absolute atomic E-state index is 0.212. The van der Waals surface area contributed by atoms with Gasteiger partial charge in [0.1, 0.15) is 0 Å². The van der Waals surface area contributed by atoms with Crippen LogP contribution in [-0.2, 0) is 0 Å². The van der Waals surface area contributed by atoms with Gasteiger partial charge in [-0.05, 0) is 29.7 Å². The summed E-state index contributed by atoms with van der Waals surface area (Å²) < 4.78 is 0. The summed E-state index contributed by atoms with van der Waals surface area (Å²) >= 11 is 5.85. The number of nitrogens with two attached hydrogens (primary N) is 1. The first-order valence-corrected chi connectivity index (χ1v) is 4.37. The molecule has 1 unspecified atom stereocenters. The van der Waals surface area contributed by atoms with E-state index in [4.69, 9.17) is 17.3 Å². The van der Waals surface area contributed by atoms with Crippen molar-refractivity contribution in [2.45, 2.75) is 12.5 Å². The highest BCUT2D eigenvalue weighted by atomic mass is 35.5. The van der Waals surface area contributed by atoms with Gasteiger partial charge in [-0.1, -0.05) is 29.8 Å². The fraction of sp³-hybridized carbons (Fsp3) is 0.200. The topological polar surface area (TPSA) is 26.0 Å². The number of rotatable bonds is 1. The van der Waals surface area contributed by atoms with Gasteiger partial charge in [0.15, 0.2) is 0 Å². The van der Waals surface area contributed by atoms with Crippen LogP contribution in [0, 0.1) is 0 Å². The summed E-state index contributed by atoms with van der Waals surface area (Å²) in [6.45, 7) is 0. The maximum Gasteiger partial charge on any atom is 0.0412 e. The van der Waals surface area contributed by atoms with E-state index < -0.39 is 0 Å². The Balaban J connectivity index is 2.35. The van der Waals surface area contributed by atoms with Gasteiger partial charge in [0, 0.05) is 11.1 Å². The van der Waals surface area contributed by atoms with Crippen molar-refractivity contribution >= 4 is 17.2 Å². The molecule has 0 heterocycles. The Morgan fingerprint density at radius 2 is 2.25 bits per heavy atom. The van der Waals surface area contributed by atoms with E-state index in [9.17, 15) is 0 Å². The number of hydrogen-bond donors (Lipinski definition) is 1. The third-order valence-corrected chi connectivity index (χ3v) is 2.38. The molecule has 0 aliphatic heterocycles. The summed E-state index contributed by atoms with van der Waals surface area (Å²) in [7, 11) is 0. The third kappa shape index (κ3) is 1.26. The van der Waals surface area contributed by atoms with E-state index in [1.807, 2.05) is 24.3 Å². The molecule has 0 bridgehead atoms. The minimum Gasteiger partial charge on any atom is -0.324 e. The van der Waals surface area contributed by atoms with Gasteiger partial charge in [-0.25, -0.2) is 0 Å². The lowest BCUT2D eigenvalue weighted by molar-refractivity contribution is 0.796.